The molecule has 2 atom stereocenters. The number of H-pyrrole nitrogens is 1. The first-order valence-electron chi connectivity index (χ1n) is 8.08. The summed E-state index contributed by atoms with van der Waals surface area (Å²) in [6, 6.07) is 2.29. The standard InChI is InChI=1S/C16H20N6O/c1-22-9-12(8-19-22)15-11(4-5-23-15)7-18-16-13(6-17)14(20-21-16)10-2-3-10/h8-11,15H,2-5,7H2,1H3,(H2,18,20,21)/t11-,15+/m1/s1. The molecule has 7 heteroatoms. The number of hydrogen-bond acceptors (Lipinski definition) is 5. The largest absolute Gasteiger partial charge is 0.373 e. The van der Waals surface area contributed by atoms with Crippen LogP contribution in [0.3, 0.4) is 0 Å². The Kier molecular flexibility index (Phi) is 3.54. The van der Waals surface area contributed by atoms with Crippen molar-refractivity contribution in [1.29, 1.82) is 5.26 Å². The Labute approximate surface area is 134 Å². The number of aromatic amines is 1. The molecular formula is C16H20N6O. The highest BCUT2D eigenvalue weighted by molar-refractivity contribution is 5.56. The zero-order valence-corrected chi connectivity index (χ0v) is 13.1. The molecule has 2 fully saturated rings. The van der Waals surface area contributed by atoms with Gasteiger partial charge in [-0.2, -0.15) is 15.5 Å². The third kappa shape index (κ3) is 2.70. The minimum Gasteiger partial charge on any atom is -0.373 e. The van der Waals surface area contributed by atoms with E-state index < -0.39 is 0 Å². The lowest BCUT2D eigenvalue weighted by Crippen LogP contribution is -2.18. The van der Waals surface area contributed by atoms with E-state index in [0.717, 1.165) is 43.7 Å². The van der Waals surface area contributed by atoms with Crippen LogP contribution in [0, 0.1) is 17.2 Å². The van der Waals surface area contributed by atoms with E-state index in [1.54, 1.807) is 4.68 Å². The van der Waals surface area contributed by atoms with E-state index in [4.69, 9.17) is 4.74 Å². The van der Waals surface area contributed by atoms with Gasteiger partial charge in [-0.05, 0) is 19.3 Å². The van der Waals surface area contributed by atoms with E-state index in [1.807, 2.05) is 19.4 Å². The molecule has 3 heterocycles. The monoisotopic (exact) mass is 312 g/mol. The molecule has 0 aromatic carbocycles. The molecule has 0 unspecified atom stereocenters. The Morgan fingerprint density at radius 3 is 3.04 bits per heavy atom. The molecule has 1 saturated carbocycles. The van der Waals surface area contributed by atoms with E-state index in [9.17, 15) is 5.26 Å². The summed E-state index contributed by atoms with van der Waals surface area (Å²) in [6.45, 7) is 1.49. The predicted octanol–water partition coefficient (Wildman–Crippen LogP) is 2.08. The van der Waals surface area contributed by atoms with E-state index in [-0.39, 0.29) is 6.10 Å². The zero-order chi connectivity index (χ0) is 15.8. The number of nitriles is 1. The first-order valence-corrected chi connectivity index (χ1v) is 8.08. The van der Waals surface area contributed by atoms with Gasteiger partial charge >= 0.3 is 0 Å². The molecule has 2 aromatic heterocycles. The number of nitrogens with one attached hydrogen (secondary N) is 2. The Bertz CT molecular complexity index is 738. The molecule has 120 valence electrons. The highest BCUT2D eigenvalue weighted by Gasteiger charge is 2.32. The molecule has 2 aromatic rings. The zero-order valence-electron chi connectivity index (χ0n) is 13.1. The lowest BCUT2D eigenvalue weighted by atomic mass is 9.97. The fourth-order valence-electron chi connectivity index (χ4n) is 3.29. The quantitative estimate of drug-likeness (QED) is 0.882. The first kappa shape index (κ1) is 14.3. The average molecular weight is 312 g/mol. The van der Waals surface area contributed by atoms with Crippen molar-refractivity contribution in [1.82, 2.24) is 20.0 Å². The number of anilines is 1. The molecule has 1 aliphatic carbocycles. The van der Waals surface area contributed by atoms with Gasteiger partial charge in [-0.25, -0.2) is 0 Å². The van der Waals surface area contributed by atoms with E-state index in [0.29, 0.717) is 23.2 Å². The van der Waals surface area contributed by atoms with Crippen LogP contribution in [-0.4, -0.2) is 33.1 Å². The molecule has 2 N–H and O–H groups in total. The van der Waals surface area contributed by atoms with E-state index in [1.165, 1.54) is 0 Å². The van der Waals surface area contributed by atoms with Gasteiger partial charge in [0.2, 0.25) is 0 Å². The SMILES string of the molecule is Cn1cc([C@H]2OCC[C@@H]2CNc2n[nH]c(C3CC3)c2C#N)cn1. The van der Waals surface area contributed by atoms with Crippen LogP contribution in [0.2, 0.25) is 0 Å². The van der Waals surface area contributed by atoms with Crippen LogP contribution in [0.4, 0.5) is 5.82 Å². The van der Waals surface area contributed by atoms with Gasteiger partial charge in [-0.3, -0.25) is 9.78 Å². The van der Waals surface area contributed by atoms with Crippen LogP contribution < -0.4 is 5.32 Å². The molecule has 0 radical (unpaired) electrons. The van der Waals surface area contributed by atoms with Crippen molar-refractivity contribution in [2.45, 2.75) is 31.3 Å². The minimum absolute atomic E-state index is 0.0589. The molecule has 1 aliphatic heterocycles. The third-order valence-electron chi connectivity index (χ3n) is 4.69. The predicted molar refractivity (Wildman–Crippen MR) is 83.8 cm³/mol. The van der Waals surface area contributed by atoms with Gasteiger partial charge in [0, 0.05) is 43.8 Å². The normalized spacial score (nSPS) is 23.8. The second-order valence-corrected chi connectivity index (χ2v) is 6.42. The molecular weight excluding hydrogens is 292 g/mol. The van der Waals surface area contributed by atoms with Gasteiger partial charge in [0.25, 0.3) is 0 Å². The Balaban J connectivity index is 1.45. The maximum absolute atomic E-state index is 9.40. The highest BCUT2D eigenvalue weighted by atomic mass is 16.5. The van der Waals surface area contributed by atoms with Crippen molar-refractivity contribution < 1.29 is 4.74 Å². The minimum atomic E-state index is 0.0589. The number of nitrogens with zero attached hydrogens (tertiary/aromatic N) is 4. The Hall–Kier alpha value is -2.33. The molecule has 0 bridgehead atoms. The van der Waals surface area contributed by atoms with Crippen LogP contribution in [0.5, 0.6) is 0 Å². The highest BCUT2D eigenvalue weighted by Crippen LogP contribution is 2.42. The molecule has 23 heavy (non-hydrogen) atoms. The van der Waals surface area contributed by atoms with Gasteiger partial charge in [0.05, 0.1) is 18.0 Å². The number of aryl methyl sites for hydroxylation is 1. The van der Waals surface area contributed by atoms with Crippen molar-refractivity contribution in [3.05, 3.63) is 29.2 Å². The number of aromatic nitrogens is 4. The smallest absolute Gasteiger partial charge is 0.166 e. The van der Waals surface area contributed by atoms with Crippen LogP contribution in [-0.2, 0) is 11.8 Å². The maximum atomic E-state index is 9.40. The second kappa shape index (κ2) is 5.70. The van der Waals surface area contributed by atoms with Gasteiger partial charge in [0.15, 0.2) is 5.82 Å². The number of rotatable bonds is 5. The van der Waals surface area contributed by atoms with Crippen LogP contribution in [0.1, 0.15) is 48.1 Å². The fourth-order valence-corrected chi connectivity index (χ4v) is 3.29. The van der Waals surface area contributed by atoms with Crippen molar-refractivity contribution in [3.63, 3.8) is 0 Å². The molecule has 4 rings (SSSR count). The van der Waals surface area contributed by atoms with Crippen LogP contribution >= 0.6 is 0 Å². The van der Waals surface area contributed by atoms with Crippen LogP contribution in [0.25, 0.3) is 0 Å². The Morgan fingerprint density at radius 2 is 2.35 bits per heavy atom. The van der Waals surface area contributed by atoms with Crippen LogP contribution in [0.15, 0.2) is 12.4 Å². The number of ether oxygens (including phenoxy) is 1. The summed E-state index contributed by atoms with van der Waals surface area (Å²) in [7, 11) is 1.91. The van der Waals surface area contributed by atoms with Gasteiger partial charge in [0.1, 0.15) is 11.6 Å². The summed E-state index contributed by atoms with van der Waals surface area (Å²) in [6.07, 6.45) is 7.22. The summed E-state index contributed by atoms with van der Waals surface area (Å²) in [5.41, 5.74) is 2.77. The average Bonchev–Trinajstić information content (AvgIpc) is 2.98. The van der Waals surface area contributed by atoms with Crippen molar-refractivity contribution in [3.8, 4) is 6.07 Å². The summed E-state index contributed by atoms with van der Waals surface area (Å²) in [5.74, 6) is 1.52. The van der Waals surface area contributed by atoms with Crippen molar-refractivity contribution in [2.24, 2.45) is 13.0 Å². The molecule has 7 nitrogen and oxygen atoms in total. The van der Waals surface area contributed by atoms with E-state index >= 15 is 0 Å². The number of hydrogen-bond donors (Lipinski definition) is 2. The summed E-state index contributed by atoms with van der Waals surface area (Å²) >= 11 is 0. The molecule has 1 saturated heterocycles. The fraction of sp³-hybridized carbons (Fsp3) is 0.562. The first-order chi connectivity index (χ1) is 11.3. The Morgan fingerprint density at radius 1 is 1.48 bits per heavy atom. The lowest BCUT2D eigenvalue weighted by molar-refractivity contribution is 0.0932. The lowest BCUT2D eigenvalue weighted by Gasteiger charge is -2.17. The summed E-state index contributed by atoms with van der Waals surface area (Å²) < 4.78 is 7.67. The summed E-state index contributed by atoms with van der Waals surface area (Å²) in [4.78, 5) is 0. The van der Waals surface area contributed by atoms with Gasteiger partial charge in [-0.15, -0.1) is 0 Å². The van der Waals surface area contributed by atoms with Crippen molar-refractivity contribution >= 4 is 5.82 Å². The summed E-state index contributed by atoms with van der Waals surface area (Å²) in [5, 5.41) is 24.3. The van der Waals surface area contributed by atoms with E-state index in [2.05, 4.69) is 26.7 Å². The van der Waals surface area contributed by atoms with Crippen molar-refractivity contribution in [2.75, 3.05) is 18.5 Å². The topological polar surface area (TPSA) is 91.5 Å². The van der Waals surface area contributed by atoms with Gasteiger partial charge in [-0.1, -0.05) is 0 Å². The molecule has 0 spiro atoms. The molecule has 0 amide bonds. The molecule has 2 aliphatic rings. The maximum Gasteiger partial charge on any atom is 0.166 e. The van der Waals surface area contributed by atoms with Gasteiger partial charge < -0.3 is 10.1 Å². The third-order valence-corrected chi connectivity index (χ3v) is 4.69. The second-order valence-electron chi connectivity index (χ2n) is 6.42.